The van der Waals surface area contributed by atoms with E-state index in [-0.39, 0.29) is 24.6 Å². The van der Waals surface area contributed by atoms with Crippen molar-refractivity contribution in [3.63, 3.8) is 0 Å². The van der Waals surface area contributed by atoms with Gasteiger partial charge in [0, 0.05) is 19.0 Å². The van der Waals surface area contributed by atoms with Crippen LogP contribution in [0.5, 0.6) is 0 Å². The van der Waals surface area contributed by atoms with Crippen LogP contribution in [0.1, 0.15) is 18.4 Å². The smallest absolute Gasteiger partial charge is 0.220 e. The van der Waals surface area contributed by atoms with Gasteiger partial charge in [0.2, 0.25) is 15.9 Å². The lowest BCUT2D eigenvalue weighted by molar-refractivity contribution is -0.122. The van der Waals surface area contributed by atoms with E-state index in [2.05, 4.69) is 0 Å². The van der Waals surface area contributed by atoms with E-state index in [1.54, 1.807) is 0 Å². The molecule has 0 spiro atoms. The number of primary amides is 1. The minimum absolute atomic E-state index is 0.186. The SMILES string of the molecule is NC(=O)C1CCN(S(=O)(=O)Cc2ccc(F)c(F)c2)CC1. The molecule has 1 fully saturated rings. The molecular weight excluding hydrogens is 302 g/mol. The minimum Gasteiger partial charge on any atom is -0.369 e. The highest BCUT2D eigenvalue weighted by atomic mass is 32.2. The molecule has 0 saturated carbocycles. The lowest BCUT2D eigenvalue weighted by atomic mass is 9.98. The summed E-state index contributed by atoms with van der Waals surface area (Å²) in [5, 5.41) is 0. The fraction of sp³-hybridized carbons (Fsp3) is 0.462. The van der Waals surface area contributed by atoms with Gasteiger partial charge in [-0.25, -0.2) is 21.5 Å². The number of sulfonamides is 1. The lowest BCUT2D eigenvalue weighted by Gasteiger charge is -2.29. The molecular formula is C13H16F2N2O3S. The van der Waals surface area contributed by atoms with Gasteiger partial charge in [0.1, 0.15) is 0 Å². The van der Waals surface area contributed by atoms with E-state index in [1.165, 1.54) is 10.4 Å². The van der Waals surface area contributed by atoms with Crippen molar-refractivity contribution in [1.29, 1.82) is 0 Å². The molecule has 0 unspecified atom stereocenters. The van der Waals surface area contributed by atoms with E-state index >= 15 is 0 Å². The third-order valence-corrected chi connectivity index (χ3v) is 5.43. The van der Waals surface area contributed by atoms with E-state index in [1.807, 2.05) is 0 Å². The number of nitrogens with two attached hydrogens (primary N) is 1. The van der Waals surface area contributed by atoms with Crippen molar-refractivity contribution in [2.75, 3.05) is 13.1 Å². The van der Waals surface area contributed by atoms with Crippen LogP contribution >= 0.6 is 0 Å². The Labute approximate surface area is 121 Å². The van der Waals surface area contributed by atoms with Crippen molar-refractivity contribution >= 4 is 15.9 Å². The maximum absolute atomic E-state index is 13.1. The standard InChI is InChI=1S/C13H16F2N2O3S/c14-11-2-1-9(7-12(11)15)8-21(19,20)17-5-3-10(4-6-17)13(16)18/h1-2,7,10H,3-6,8H2,(H2,16,18). The molecule has 1 aliphatic rings. The van der Waals surface area contributed by atoms with Crippen LogP contribution in [0.25, 0.3) is 0 Å². The van der Waals surface area contributed by atoms with Gasteiger partial charge in [0.05, 0.1) is 5.75 Å². The second kappa shape index (κ2) is 6.07. The molecule has 0 radical (unpaired) electrons. The van der Waals surface area contributed by atoms with Crippen LogP contribution in [-0.2, 0) is 20.6 Å². The fourth-order valence-corrected chi connectivity index (χ4v) is 3.90. The number of halogens is 2. The van der Waals surface area contributed by atoms with Crippen molar-refractivity contribution in [2.45, 2.75) is 18.6 Å². The summed E-state index contributed by atoms with van der Waals surface area (Å²) in [5.41, 5.74) is 5.38. The zero-order chi connectivity index (χ0) is 15.6. The highest BCUT2D eigenvalue weighted by molar-refractivity contribution is 7.88. The molecule has 2 N–H and O–H groups in total. The monoisotopic (exact) mass is 318 g/mol. The predicted molar refractivity (Wildman–Crippen MR) is 72.5 cm³/mol. The average Bonchev–Trinajstić information content (AvgIpc) is 2.43. The Bertz CT molecular complexity index is 641. The number of carbonyl (C=O) groups is 1. The van der Waals surface area contributed by atoms with Crippen LogP contribution in [-0.4, -0.2) is 31.7 Å². The van der Waals surface area contributed by atoms with Crippen molar-refractivity contribution in [3.05, 3.63) is 35.4 Å². The Morgan fingerprint density at radius 1 is 1.24 bits per heavy atom. The van der Waals surface area contributed by atoms with Gasteiger partial charge in [-0.2, -0.15) is 0 Å². The van der Waals surface area contributed by atoms with Gasteiger partial charge >= 0.3 is 0 Å². The van der Waals surface area contributed by atoms with E-state index in [4.69, 9.17) is 5.73 Å². The summed E-state index contributed by atoms with van der Waals surface area (Å²) in [6.45, 7) is 0.416. The Hall–Kier alpha value is -1.54. The van der Waals surface area contributed by atoms with Crippen molar-refractivity contribution < 1.29 is 22.0 Å². The first-order chi connectivity index (χ1) is 9.79. The Morgan fingerprint density at radius 3 is 2.38 bits per heavy atom. The average molecular weight is 318 g/mol. The number of carbonyl (C=O) groups excluding carboxylic acids is 1. The van der Waals surface area contributed by atoms with Gasteiger partial charge in [-0.05, 0) is 30.5 Å². The van der Waals surface area contributed by atoms with Crippen LogP contribution in [0.2, 0.25) is 0 Å². The Kier molecular flexibility index (Phi) is 4.58. The number of hydrogen-bond acceptors (Lipinski definition) is 3. The second-order valence-electron chi connectivity index (χ2n) is 5.08. The molecule has 0 aliphatic carbocycles. The van der Waals surface area contributed by atoms with Gasteiger partial charge in [-0.3, -0.25) is 4.79 Å². The van der Waals surface area contributed by atoms with Gasteiger partial charge in [0.25, 0.3) is 0 Å². The summed E-state index contributed by atoms with van der Waals surface area (Å²) < 4.78 is 51.6. The van der Waals surface area contributed by atoms with Gasteiger partial charge in [-0.15, -0.1) is 0 Å². The molecule has 5 nitrogen and oxygen atoms in total. The van der Waals surface area contributed by atoms with Gasteiger partial charge in [-0.1, -0.05) is 6.07 Å². The number of rotatable bonds is 4. The largest absolute Gasteiger partial charge is 0.369 e. The summed E-state index contributed by atoms with van der Waals surface area (Å²) in [6, 6.07) is 3.02. The van der Waals surface area contributed by atoms with E-state index in [0.29, 0.717) is 12.8 Å². The van der Waals surface area contributed by atoms with Crippen LogP contribution in [0.3, 0.4) is 0 Å². The van der Waals surface area contributed by atoms with Gasteiger partial charge < -0.3 is 5.73 Å². The number of benzene rings is 1. The predicted octanol–water partition coefficient (Wildman–Crippen LogP) is 0.992. The third-order valence-electron chi connectivity index (χ3n) is 3.58. The van der Waals surface area contributed by atoms with Crippen molar-refractivity contribution in [3.8, 4) is 0 Å². The molecule has 1 saturated heterocycles. The molecule has 1 aliphatic heterocycles. The number of amides is 1. The highest BCUT2D eigenvalue weighted by Gasteiger charge is 2.30. The molecule has 21 heavy (non-hydrogen) atoms. The zero-order valence-corrected chi connectivity index (χ0v) is 12.1. The first-order valence-corrected chi connectivity index (χ1v) is 8.11. The topological polar surface area (TPSA) is 80.5 Å². The molecule has 0 bridgehead atoms. The first kappa shape index (κ1) is 15.8. The van der Waals surface area contributed by atoms with E-state index in [0.717, 1.165) is 12.1 Å². The number of hydrogen-bond donors (Lipinski definition) is 1. The zero-order valence-electron chi connectivity index (χ0n) is 11.3. The normalized spacial score (nSPS) is 17.8. The summed E-state index contributed by atoms with van der Waals surface area (Å²) in [5.74, 6) is -3.22. The Balaban J connectivity index is 2.05. The summed E-state index contributed by atoms with van der Waals surface area (Å²) in [4.78, 5) is 11.0. The van der Waals surface area contributed by atoms with E-state index in [9.17, 15) is 22.0 Å². The molecule has 1 aromatic rings. The molecule has 2 rings (SSSR count). The second-order valence-corrected chi connectivity index (χ2v) is 7.05. The molecule has 116 valence electrons. The lowest BCUT2D eigenvalue weighted by Crippen LogP contribution is -2.42. The van der Waals surface area contributed by atoms with Crippen LogP contribution < -0.4 is 5.73 Å². The van der Waals surface area contributed by atoms with E-state index < -0.39 is 33.3 Å². The minimum atomic E-state index is -3.62. The maximum Gasteiger partial charge on any atom is 0.220 e. The van der Waals surface area contributed by atoms with Crippen LogP contribution in [0.4, 0.5) is 8.78 Å². The summed E-state index contributed by atoms with van der Waals surface area (Å²) in [7, 11) is -3.62. The molecule has 1 aromatic carbocycles. The fourth-order valence-electron chi connectivity index (χ4n) is 2.35. The number of nitrogens with zero attached hydrogens (tertiary/aromatic N) is 1. The molecule has 1 heterocycles. The molecule has 8 heteroatoms. The molecule has 0 aromatic heterocycles. The summed E-state index contributed by atoms with van der Waals surface area (Å²) >= 11 is 0. The Morgan fingerprint density at radius 2 is 1.86 bits per heavy atom. The first-order valence-electron chi connectivity index (χ1n) is 6.50. The van der Waals surface area contributed by atoms with Crippen LogP contribution in [0.15, 0.2) is 18.2 Å². The molecule has 0 atom stereocenters. The summed E-state index contributed by atoms with van der Waals surface area (Å²) in [6.07, 6.45) is 0.763. The van der Waals surface area contributed by atoms with Crippen molar-refractivity contribution in [1.82, 2.24) is 4.31 Å². The van der Waals surface area contributed by atoms with Crippen LogP contribution in [0, 0.1) is 17.6 Å². The maximum atomic E-state index is 13.1. The van der Waals surface area contributed by atoms with Crippen molar-refractivity contribution in [2.24, 2.45) is 11.7 Å². The quantitative estimate of drug-likeness (QED) is 0.899. The number of piperidine rings is 1. The van der Waals surface area contributed by atoms with Gasteiger partial charge in [0.15, 0.2) is 11.6 Å². The third kappa shape index (κ3) is 3.76. The molecule has 1 amide bonds. The highest BCUT2D eigenvalue weighted by Crippen LogP contribution is 2.21.